The molecule has 2 atom stereocenters. The van der Waals surface area contributed by atoms with Crippen molar-refractivity contribution in [3.8, 4) is 0 Å². The zero-order valence-electron chi connectivity index (χ0n) is 8.69. The third kappa shape index (κ3) is 2.25. The van der Waals surface area contributed by atoms with Gasteiger partial charge in [-0.15, -0.1) is 0 Å². The molecule has 1 aliphatic heterocycles. The van der Waals surface area contributed by atoms with Gasteiger partial charge in [0, 0.05) is 13.0 Å². The highest BCUT2D eigenvalue weighted by Gasteiger charge is 2.34. The number of likely N-dealkylation sites (tertiary alicyclic amines) is 1. The van der Waals surface area contributed by atoms with Crippen molar-refractivity contribution in [3.63, 3.8) is 0 Å². The molecule has 0 bridgehead atoms. The number of nitrogens with zero attached hydrogens (tertiary/aromatic N) is 1. The van der Waals surface area contributed by atoms with E-state index in [0.29, 0.717) is 18.9 Å². The van der Waals surface area contributed by atoms with E-state index in [2.05, 4.69) is 6.92 Å². The van der Waals surface area contributed by atoms with Gasteiger partial charge in [-0.05, 0) is 19.3 Å². The molecule has 1 aliphatic rings. The standard InChI is InChI=1S/C10H17NO3/c1-3-4-8-5-9(12)11(6-8)7(2)10(13)14/h7-8H,3-6H2,1-2H3,(H,13,14). The average molecular weight is 199 g/mol. The van der Waals surface area contributed by atoms with Crippen LogP contribution in [0.5, 0.6) is 0 Å². The summed E-state index contributed by atoms with van der Waals surface area (Å²) in [5, 5.41) is 8.78. The Morgan fingerprint density at radius 2 is 2.36 bits per heavy atom. The van der Waals surface area contributed by atoms with Gasteiger partial charge >= 0.3 is 5.97 Å². The van der Waals surface area contributed by atoms with E-state index in [4.69, 9.17) is 5.11 Å². The molecular weight excluding hydrogens is 182 g/mol. The first-order chi connectivity index (χ1) is 6.56. The topological polar surface area (TPSA) is 57.6 Å². The Labute approximate surface area is 83.9 Å². The Morgan fingerprint density at radius 1 is 1.71 bits per heavy atom. The third-order valence-corrected chi connectivity index (χ3v) is 2.76. The highest BCUT2D eigenvalue weighted by molar-refractivity contribution is 5.85. The maximum atomic E-state index is 11.5. The fourth-order valence-electron chi connectivity index (χ4n) is 1.92. The number of aliphatic carboxylic acids is 1. The minimum absolute atomic E-state index is 0.0154. The predicted octanol–water partition coefficient (Wildman–Crippen LogP) is 1.11. The minimum atomic E-state index is -0.921. The first-order valence-electron chi connectivity index (χ1n) is 5.08. The first kappa shape index (κ1) is 11.0. The summed E-state index contributed by atoms with van der Waals surface area (Å²) >= 11 is 0. The van der Waals surface area contributed by atoms with Gasteiger partial charge in [0.25, 0.3) is 0 Å². The molecule has 0 aromatic heterocycles. The lowest BCUT2D eigenvalue weighted by Crippen LogP contribution is -2.39. The van der Waals surface area contributed by atoms with Crippen LogP contribution in [0.1, 0.15) is 33.1 Å². The van der Waals surface area contributed by atoms with Crippen molar-refractivity contribution in [3.05, 3.63) is 0 Å². The average Bonchev–Trinajstić information content (AvgIpc) is 2.46. The fraction of sp³-hybridized carbons (Fsp3) is 0.800. The molecule has 2 unspecified atom stereocenters. The molecule has 1 saturated heterocycles. The Bertz CT molecular complexity index is 240. The monoisotopic (exact) mass is 199 g/mol. The molecule has 1 heterocycles. The highest BCUT2D eigenvalue weighted by atomic mass is 16.4. The zero-order valence-corrected chi connectivity index (χ0v) is 8.69. The number of amides is 1. The van der Waals surface area contributed by atoms with Crippen LogP contribution in [0.2, 0.25) is 0 Å². The molecule has 1 amide bonds. The summed E-state index contributed by atoms with van der Waals surface area (Å²) in [5.41, 5.74) is 0. The Morgan fingerprint density at radius 3 is 2.86 bits per heavy atom. The molecule has 0 radical (unpaired) electrons. The molecule has 0 aliphatic carbocycles. The van der Waals surface area contributed by atoms with E-state index in [9.17, 15) is 9.59 Å². The van der Waals surface area contributed by atoms with Crippen LogP contribution in [0.3, 0.4) is 0 Å². The highest BCUT2D eigenvalue weighted by Crippen LogP contribution is 2.23. The quantitative estimate of drug-likeness (QED) is 0.737. The molecule has 0 aromatic carbocycles. The minimum Gasteiger partial charge on any atom is -0.480 e. The van der Waals surface area contributed by atoms with Gasteiger partial charge in [0.05, 0.1) is 0 Å². The SMILES string of the molecule is CCCC1CC(=O)N(C(C)C(=O)O)C1. The summed E-state index contributed by atoms with van der Waals surface area (Å²) in [5.74, 6) is -0.580. The number of hydrogen-bond donors (Lipinski definition) is 1. The first-order valence-corrected chi connectivity index (χ1v) is 5.08. The van der Waals surface area contributed by atoms with Crippen molar-refractivity contribution < 1.29 is 14.7 Å². The molecule has 0 spiro atoms. The van der Waals surface area contributed by atoms with Crippen LogP contribution in [-0.2, 0) is 9.59 Å². The van der Waals surface area contributed by atoms with Gasteiger partial charge in [-0.1, -0.05) is 13.3 Å². The second-order valence-corrected chi connectivity index (χ2v) is 3.92. The fourth-order valence-corrected chi connectivity index (χ4v) is 1.92. The second kappa shape index (κ2) is 4.44. The van der Waals surface area contributed by atoms with E-state index in [0.717, 1.165) is 12.8 Å². The molecule has 1 fully saturated rings. The largest absolute Gasteiger partial charge is 0.480 e. The molecule has 1 N–H and O–H groups in total. The number of hydrogen-bond acceptors (Lipinski definition) is 2. The normalized spacial score (nSPS) is 24.0. The third-order valence-electron chi connectivity index (χ3n) is 2.76. The van der Waals surface area contributed by atoms with E-state index < -0.39 is 12.0 Å². The summed E-state index contributed by atoms with van der Waals surface area (Å²) < 4.78 is 0. The maximum Gasteiger partial charge on any atom is 0.326 e. The van der Waals surface area contributed by atoms with Crippen LogP contribution >= 0.6 is 0 Å². The predicted molar refractivity (Wildman–Crippen MR) is 51.8 cm³/mol. The van der Waals surface area contributed by atoms with Gasteiger partial charge in [0.2, 0.25) is 5.91 Å². The van der Waals surface area contributed by atoms with Crippen LogP contribution in [0, 0.1) is 5.92 Å². The molecule has 4 heteroatoms. The summed E-state index contributed by atoms with van der Waals surface area (Å²) in [7, 11) is 0. The Kier molecular flexibility index (Phi) is 3.49. The van der Waals surface area contributed by atoms with Crippen molar-refractivity contribution in [2.75, 3.05) is 6.54 Å². The lowest BCUT2D eigenvalue weighted by molar-refractivity contribution is -0.147. The number of rotatable bonds is 4. The molecule has 80 valence electrons. The summed E-state index contributed by atoms with van der Waals surface area (Å²) in [6, 6.07) is -0.677. The number of carbonyl (C=O) groups is 2. The van der Waals surface area contributed by atoms with Gasteiger partial charge in [-0.2, -0.15) is 0 Å². The van der Waals surface area contributed by atoms with E-state index in [1.165, 1.54) is 4.90 Å². The van der Waals surface area contributed by atoms with E-state index in [-0.39, 0.29) is 5.91 Å². The van der Waals surface area contributed by atoms with E-state index in [1.54, 1.807) is 6.92 Å². The van der Waals surface area contributed by atoms with Crippen molar-refractivity contribution >= 4 is 11.9 Å². The van der Waals surface area contributed by atoms with Gasteiger partial charge in [-0.3, -0.25) is 4.79 Å². The van der Waals surface area contributed by atoms with Crippen molar-refractivity contribution in [1.82, 2.24) is 4.90 Å². The van der Waals surface area contributed by atoms with Crippen LogP contribution in [-0.4, -0.2) is 34.5 Å². The molecule has 0 saturated carbocycles. The van der Waals surface area contributed by atoms with Gasteiger partial charge in [0.15, 0.2) is 0 Å². The molecule has 0 aromatic rings. The molecular formula is C10H17NO3. The number of carboxylic acids is 1. The van der Waals surface area contributed by atoms with Crippen molar-refractivity contribution in [2.45, 2.75) is 39.2 Å². The molecule has 4 nitrogen and oxygen atoms in total. The van der Waals surface area contributed by atoms with Crippen LogP contribution in [0.15, 0.2) is 0 Å². The van der Waals surface area contributed by atoms with Gasteiger partial charge < -0.3 is 10.0 Å². The number of carbonyl (C=O) groups excluding carboxylic acids is 1. The van der Waals surface area contributed by atoms with Gasteiger partial charge in [0.1, 0.15) is 6.04 Å². The van der Waals surface area contributed by atoms with Crippen LogP contribution in [0.25, 0.3) is 0 Å². The Hall–Kier alpha value is -1.06. The Balaban J connectivity index is 2.56. The smallest absolute Gasteiger partial charge is 0.326 e. The zero-order chi connectivity index (χ0) is 10.7. The van der Waals surface area contributed by atoms with Crippen molar-refractivity contribution in [2.24, 2.45) is 5.92 Å². The summed E-state index contributed by atoms with van der Waals surface area (Å²) in [4.78, 5) is 23.6. The molecule has 14 heavy (non-hydrogen) atoms. The second-order valence-electron chi connectivity index (χ2n) is 3.92. The summed E-state index contributed by atoms with van der Waals surface area (Å²) in [6.07, 6.45) is 2.58. The number of carboxylic acid groups (broad SMARTS) is 1. The van der Waals surface area contributed by atoms with E-state index in [1.807, 2.05) is 0 Å². The van der Waals surface area contributed by atoms with E-state index >= 15 is 0 Å². The lowest BCUT2D eigenvalue weighted by atomic mass is 10.0. The van der Waals surface area contributed by atoms with Crippen molar-refractivity contribution in [1.29, 1.82) is 0 Å². The van der Waals surface area contributed by atoms with Crippen LogP contribution in [0.4, 0.5) is 0 Å². The summed E-state index contributed by atoms with van der Waals surface area (Å²) in [6.45, 7) is 4.25. The van der Waals surface area contributed by atoms with Gasteiger partial charge in [-0.25, -0.2) is 4.79 Å². The molecule has 1 rings (SSSR count). The lowest BCUT2D eigenvalue weighted by Gasteiger charge is -2.20. The maximum absolute atomic E-state index is 11.5. The van der Waals surface area contributed by atoms with Crippen LogP contribution < -0.4 is 0 Å².